The molecule has 0 fully saturated rings. The van der Waals surface area contributed by atoms with Crippen LogP contribution in [0.3, 0.4) is 0 Å². The van der Waals surface area contributed by atoms with Gasteiger partial charge in [0.1, 0.15) is 5.75 Å². The third kappa shape index (κ3) is 1.35. The van der Waals surface area contributed by atoms with Crippen LogP contribution in [-0.2, 0) is 6.54 Å². The van der Waals surface area contributed by atoms with Crippen molar-refractivity contribution in [2.75, 3.05) is 5.73 Å². The van der Waals surface area contributed by atoms with E-state index < -0.39 is 0 Å². The number of anilines is 1. The second-order valence-corrected chi connectivity index (χ2v) is 4.22. The van der Waals surface area contributed by atoms with Gasteiger partial charge >= 0.3 is 0 Å². The van der Waals surface area contributed by atoms with E-state index in [4.69, 9.17) is 5.73 Å². The number of hydrogen-bond donors (Lipinski definition) is 2. The molecule has 3 aromatic rings. The van der Waals surface area contributed by atoms with Gasteiger partial charge in [0.25, 0.3) is 0 Å². The molecule has 0 amide bonds. The van der Waals surface area contributed by atoms with Crippen molar-refractivity contribution in [1.29, 1.82) is 0 Å². The molecule has 0 aliphatic rings. The first-order valence-electron chi connectivity index (χ1n) is 5.71. The largest absolute Gasteiger partial charge is 0.508 e. The molecule has 0 atom stereocenters. The summed E-state index contributed by atoms with van der Waals surface area (Å²) in [5.41, 5.74) is 8.86. The molecule has 3 rings (SSSR count). The number of rotatable bonds is 1. The van der Waals surface area contributed by atoms with E-state index in [9.17, 15) is 5.11 Å². The van der Waals surface area contributed by atoms with Gasteiger partial charge in [-0.15, -0.1) is 0 Å². The molecule has 0 saturated heterocycles. The summed E-state index contributed by atoms with van der Waals surface area (Å²) in [4.78, 5) is 0. The topological polar surface area (TPSA) is 51.2 Å². The fourth-order valence-electron chi connectivity index (χ4n) is 2.45. The predicted octanol–water partition coefficient (Wildman–Crippen LogP) is 3.10. The lowest BCUT2D eigenvalue weighted by Crippen LogP contribution is -1.92. The summed E-state index contributed by atoms with van der Waals surface area (Å²) >= 11 is 0. The van der Waals surface area contributed by atoms with Crippen molar-refractivity contribution in [2.45, 2.75) is 13.5 Å². The molecule has 0 aliphatic heterocycles. The van der Waals surface area contributed by atoms with Gasteiger partial charge in [0.05, 0.1) is 0 Å². The first-order chi connectivity index (χ1) is 8.20. The Morgan fingerprint density at radius 1 is 1.06 bits per heavy atom. The summed E-state index contributed by atoms with van der Waals surface area (Å²) < 4.78 is 2.23. The monoisotopic (exact) mass is 226 g/mol. The van der Waals surface area contributed by atoms with Crippen molar-refractivity contribution >= 4 is 27.5 Å². The quantitative estimate of drug-likeness (QED) is 0.626. The number of phenols is 1. The highest BCUT2D eigenvalue weighted by molar-refractivity contribution is 6.09. The van der Waals surface area contributed by atoms with E-state index in [0.717, 1.165) is 34.0 Å². The normalized spacial score (nSPS) is 11.4. The van der Waals surface area contributed by atoms with Gasteiger partial charge in [-0.2, -0.15) is 0 Å². The predicted molar refractivity (Wildman–Crippen MR) is 71.2 cm³/mol. The van der Waals surface area contributed by atoms with Crippen molar-refractivity contribution in [3.63, 3.8) is 0 Å². The van der Waals surface area contributed by atoms with Crippen LogP contribution in [0.25, 0.3) is 21.8 Å². The zero-order valence-electron chi connectivity index (χ0n) is 9.64. The standard InChI is InChI=1S/C14H14N2O/c1-2-16-13-5-3-9(15)7-11(13)12-8-10(17)4-6-14(12)16/h3-8,17H,2,15H2,1H3. The molecule has 0 spiro atoms. The van der Waals surface area contributed by atoms with Crippen LogP contribution in [0, 0.1) is 0 Å². The fraction of sp³-hybridized carbons (Fsp3) is 0.143. The Morgan fingerprint density at radius 3 is 2.41 bits per heavy atom. The number of hydrogen-bond acceptors (Lipinski definition) is 2. The Labute approximate surface area is 99.1 Å². The maximum Gasteiger partial charge on any atom is 0.116 e. The Balaban J connectivity index is 2.57. The molecule has 0 bridgehead atoms. The highest BCUT2D eigenvalue weighted by Crippen LogP contribution is 2.32. The molecule has 0 saturated carbocycles. The molecular formula is C14H14N2O. The number of aryl methyl sites for hydroxylation is 1. The molecule has 1 heterocycles. The van der Waals surface area contributed by atoms with Crippen molar-refractivity contribution in [1.82, 2.24) is 4.57 Å². The van der Waals surface area contributed by atoms with Crippen LogP contribution >= 0.6 is 0 Å². The van der Waals surface area contributed by atoms with Gasteiger partial charge in [0.15, 0.2) is 0 Å². The lowest BCUT2D eigenvalue weighted by atomic mass is 10.1. The minimum Gasteiger partial charge on any atom is -0.508 e. The Bertz CT molecular complexity index is 654. The van der Waals surface area contributed by atoms with E-state index in [0.29, 0.717) is 0 Å². The zero-order valence-corrected chi connectivity index (χ0v) is 9.64. The van der Waals surface area contributed by atoms with Crippen LogP contribution in [-0.4, -0.2) is 9.67 Å². The van der Waals surface area contributed by atoms with Crippen LogP contribution in [0.15, 0.2) is 36.4 Å². The molecule has 2 aromatic carbocycles. The number of nitrogens with two attached hydrogens (primary N) is 1. The highest BCUT2D eigenvalue weighted by Gasteiger charge is 2.09. The summed E-state index contributed by atoms with van der Waals surface area (Å²) in [6.07, 6.45) is 0. The van der Waals surface area contributed by atoms with Crippen LogP contribution in [0.4, 0.5) is 5.69 Å². The Kier molecular flexibility index (Phi) is 2.01. The number of nitrogens with zero attached hydrogens (tertiary/aromatic N) is 1. The summed E-state index contributed by atoms with van der Waals surface area (Å²) in [7, 11) is 0. The minimum atomic E-state index is 0.287. The molecule has 0 radical (unpaired) electrons. The fourth-order valence-corrected chi connectivity index (χ4v) is 2.45. The number of phenolic OH excluding ortho intramolecular Hbond substituents is 1. The van der Waals surface area contributed by atoms with Crippen molar-refractivity contribution in [3.05, 3.63) is 36.4 Å². The second-order valence-electron chi connectivity index (χ2n) is 4.22. The zero-order chi connectivity index (χ0) is 12.0. The average molecular weight is 226 g/mol. The lowest BCUT2D eigenvalue weighted by molar-refractivity contribution is 0.476. The number of aromatic hydroxyl groups is 1. The van der Waals surface area contributed by atoms with E-state index >= 15 is 0 Å². The van der Waals surface area contributed by atoms with Gasteiger partial charge in [0.2, 0.25) is 0 Å². The van der Waals surface area contributed by atoms with Crippen molar-refractivity contribution < 1.29 is 5.11 Å². The van der Waals surface area contributed by atoms with E-state index in [1.54, 1.807) is 12.1 Å². The maximum atomic E-state index is 9.60. The third-order valence-corrected chi connectivity index (χ3v) is 3.19. The van der Waals surface area contributed by atoms with Crippen LogP contribution in [0.2, 0.25) is 0 Å². The SMILES string of the molecule is CCn1c2ccc(N)cc2c2cc(O)ccc21. The Morgan fingerprint density at radius 2 is 1.71 bits per heavy atom. The molecular weight excluding hydrogens is 212 g/mol. The molecule has 17 heavy (non-hydrogen) atoms. The molecule has 3 N–H and O–H groups in total. The van der Waals surface area contributed by atoms with Gasteiger partial charge < -0.3 is 15.4 Å². The second kappa shape index (κ2) is 3.42. The summed E-state index contributed by atoms with van der Waals surface area (Å²) in [6, 6.07) is 11.4. The van der Waals surface area contributed by atoms with Gasteiger partial charge in [-0.3, -0.25) is 0 Å². The number of aromatic nitrogens is 1. The molecule has 3 heteroatoms. The summed E-state index contributed by atoms with van der Waals surface area (Å²) in [5.74, 6) is 0.287. The third-order valence-electron chi connectivity index (χ3n) is 3.19. The molecule has 0 aliphatic carbocycles. The molecule has 1 aromatic heterocycles. The van der Waals surface area contributed by atoms with Crippen molar-refractivity contribution in [2.24, 2.45) is 0 Å². The number of fused-ring (bicyclic) bond motifs is 3. The van der Waals surface area contributed by atoms with Gasteiger partial charge in [-0.25, -0.2) is 0 Å². The summed E-state index contributed by atoms with van der Waals surface area (Å²) in [6.45, 7) is 3.01. The smallest absolute Gasteiger partial charge is 0.116 e. The van der Waals surface area contributed by atoms with Crippen LogP contribution in [0.5, 0.6) is 5.75 Å². The maximum absolute atomic E-state index is 9.60. The highest BCUT2D eigenvalue weighted by atomic mass is 16.3. The van der Waals surface area contributed by atoms with Crippen LogP contribution < -0.4 is 5.73 Å². The average Bonchev–Trinajstić information content (AvgIpc) is 2.62. The van der Waals surface area contributed by atoms with Crippen molar-refractivity contribution in [3.8, 4) is 5.75 Å². The first kappa shape index (κ1) is 10.0. The van der Waals surface area contributed by atoms with E-state index in [2.05, 4.69) is 11.5 Å². The number of nitrogen functional groups attached to an aromatic ring is 1. The Hall–Kier alpha value is -2.16. The van der Waals surface area contributed by atoms with E-state index in [1.807, 2.05) is 24.3 Å². The van der Waals surface area contributed by atoms with Gasteiger partial charge in [0, 0.05) is 34.0 Å². The van der Waals surface area contributed by atoms with E-state index in [1.165, 1.54) is 0 Å². The summed E-state index contributed by atoms with van der Waals surface area (Å²) in [5, 5.41) is 11.7. The lowest BCUT2D eigenvalue weighted by Gasteiger charge is -2.02. The minimum absolute atomic E-state index is 0.287. The number of benzene rings is 2. The van der Waals surface area contributed by atoms with E-state index in [-0.39, 0.29) is 5.75 Å². The van der Waals surface area contributed by atoms with Gasteiger partial charge in [-0.05, 0) is 43.3 Å². The first-order valence-corrected chi connectivity index (χ1v) is 5.71. The molecule has 86 valence electrons. The van der Waals surface area contributed by atoms with Crippen LogP contribution in [0.1, 0.15) is 6.92 Å². The molecule has 0 unspecified atom stereocenters. The van der Waals surface area contributed by atoms with Gasteiger partial charge in [-0.1, -0.05) is 0 Å². The molecule has 3 nitrogen and oxygen atoms in total.